The maximum atomic E-state index is 13.5. The van der Waals surface area contributed by atoms with E-state index >= 15 is 0 Å². The van der Waals surface area contributed by atoms with Crippen molar-refractivity contribution in [2.24, 2.45) is 0 Å². The van der Waals surface area contributed by atoms with Crippen LogP contribution in [0.5, 0.6) is 11.5 Å². The van der Waals surface area contributed by atoms with Gasteiger partial charge in [0.05, 0.1) is 25.0 Å². The monoisotopic (exact) mass is 675 g/mol. The van der Waals surface area contributed by atoms with Gasteiger partial charge >= 0.3 is 0 Å². The van der Waals surface area contributed by atoms with Crippen LogP contribution in [0.15, 0.2) is 130 Å². The van der Waals surface area contributed by atoms with Crippen molar-refractivity contribution in [3.8, 4) is 22.8 Å². The van der Waals surface area contributed by atoms with Crippen LogP contribution in [0, 0.1) is 0 Å². The van der Waals surface area contributed by atoms with Crippen molar-refractivity contribution in [2.75, 3.05) is 30.1 Å². The summed E-state index contributed by atoms with van der Waals surface area (Å²) in [5.41, 5.74) is 2.34. The van der Waals surface area contributed by atoms with E-state index in [0.717, 1.165) is 29.1 Å². The molecule has 3 N–H and O–H groups in total. The molecule has 10 heteroatoms. The summed E-state index contributed by atoms with van der Waals surface area (Å²) in [6, 6.07) is 34.0. The molecule has 5 rings (SSSR count). The van der Waals surface area contributed by atoms with E-state index in [-0.39, 0.29) is 17.4 Å². The Labute approximate surface area is 289 Å². The molecule has 1 heterocycles. The molecule has 9 nitrogen and oxygen atoms in total. The van der Waals surface area contributed by atoms with Crippen LogP contribution in [-0.2, 0) is 9.59 Å². The van der Waals surface area contributed by atoms with Crippen molar-refractivity contribution >= 4 is 46.9 Å². The zero-order valence-corrected chi connectivity index (χ0v) is 28.0. The Hall–Kier alpha value is -5.74. The number of nitrogens with one attached hydrogen (secondary N) is 3. The summed E-state index contributed by atoms with van der Waals surface area (Å²) in [4.78, 5) is 39.9. The van der Waals surface area contributed by atoms with Gasteiger partial charge in [0.2, 0.25) is 5.91 Å². The van der Waals surface area contributed by atoms with Crippen LogP contribution in [0.2, 0.25) is 0 Å². The fourth-order valence-corrected chi connectivity index (χ4v) is 5.35. The van der Waals surface area contributed by atoms with Crippen molar-refractivity contribution < 1.29 is 28.3 Å². The van der Waals surface area contributed by atoms with E-state index in [2.05, 4.69) is 22.9 Å². The number of para-hydroxylation sites is 1. The average Bonchev–Trinajstić information content (AvgIpc) is 3.60. The van der Waals surface area contributed by atoms with Crippen molar-refractivity contribution in [3.05, 3.63) is 132 Å². The first-order valence-corrected chi connectivity index (χ1v) is 16.8. The molecule has 1 aromatic heterocycles. The number of benzene rings is 4. The molecule has 49 heavy (non-hydrogen) atoms. The van der Waals surface area contributed by atoms with Crippen molar-refractivity contribution in [2.45, 2.75) is 24.7 Å². The maximum Gasteiger partial charge on any atom is 0.272 e. The Balaban J connectivity index is 1.22. The number of rotatable bonds is 15. The lowest BCUT2D eigenvalue weighted by atomic mass is 10.1. The van der Waals surface area contributed by atoms with Gasteiger partial charge in [-0.3, -0.25) is 14.4 Å². The number of unbranched alkanes of at least 4 members (excludes halogenated alkanes) is 1. The topological polar surface area (TPSA) is 119 Å². The SMILES string of the molecule is CCCCOc1ccc(NC(=O)CSc2ccc(NC(=O)/C(=C\c3ccc(-c4ccccc4OC)o3)NC(=O)c3ccccc3)cc2)cc1. The Kier molecular flexibility index (Phi) is 12.3. The Morgan fingerprint density at radius 3 is 2.22 bits per heavy atom. The molecule has 0 aliphatic carbocycles. The minimum atomic E-state index is -0.541. The van der Waals surface area contributed by atoms with Crippen molar-refractivity contribution in [3.63, 3.8) is 0 Å². The number of methoxy groups -OCH3 is 1. The predicted octanol–water partition coefficient (Wildman–Crippen LogP) is 8.27. The molecule has 3 amide bonds. The van der Waals surface area contributed by atoms with Gasteiger partial charge in [-0.05, 0) is 91.3 Å². The molecule has 0 bridgehead atoms. The quantitative estimate of drug-likeness (QED) is 0.0581. The zero-order valence-electron chi connectivity index (χ0n) is 27.2. The molecule has 5 aromatic rings. The van der Waals surface area contributed by atoms with Gasteiger partial charge in [0, 0.05) is 27.9 Å². The second-order valence-electron chi connectivity index (χ2n) is 10.8. The lowest BCUT2D eigenvalue weighted by Crippen LogP contribution is -2.30. The number of hydrogen-bond acceptors (Lipinski definition) is 7. The van der Waals surface area contributed by atoms with E-state index < -0.39 is 11.8 Å². The van der Waals surface area contributed by atoms with Gasteiger partial charge in [-0.2, -0.15) is 0 Å². The van der Waals surface area contributed by atoms with Crippen LogP contribution >= 0.6 is 11.8 Å². The third-order valence-electron chi connectivity index (χ3n) is 7.20. The van der Waals surface area contributed by atoms with E-state index in [1.807, 2.05) is 60.7 Å². The van der Waals surface area contributed by atoms with Gasteiger partial charge in [0.15, 0.2) is 0 Å². The third-order valence-corrected chi connectivity index (χ3v) is 8.21. The van der Waals surface area contributed by atoms with Gasteiger partial charge in [0.25, 0.3) is 11.8 Å². The van der Waals surface area contributed by atoms with Crippen molar-refractivity contribution in [1.29, 1.82) is 0 Å². The smallest absolute Gasteiger partial charge is 0.272 e. The summed E-state index contributed by atoms with van der Waals surface area (Å²) in [6.45, 7) is 2.78. The highest BCUT2D eigenvalue weighted by atomic mass is 32.2. The number of hydrogen-bond donors (Lipinski definition) is 3. The summed E-state index contributed by atoms with van der Waals surface area (Å²) >= 11 is 1.37. The molecule has 0 aliphatic rings. The summed E-state index contributed by atoms with van der Waals surface area (Å²) in [5.74, 6) is 1.40. The molecule has 0 saturated carbocycles. The van der Waals surface area contributed by atoms with Gasteiger partial charge in [-0.15, -0.1) is 11.8 Å². The minimum Gasteiger partial charge on any atom is -0.496 e. The Bertz CT molecular complexity index is 1890. The number of amides is 3. The first-order valence-electron chi connectivity index (χ1n) is 15.8. The van der Waals surface area contributed by atoms with Crippen LogP contribution in [0.25, 0.3) is 17.4 Å². The molecular formula is C39H37N3O6S. The highest BCUT2D eigenvalue weighted by Crippen LogP contribution is 2.31. The Morgan fingerprint density at radius 2 is 1.49 bits per heavy atom. The summed E-state index contributed by atoms with van der Waals surface area (Å²) in [5, 5.41) is 8.45. The second-order valence-corrected chi connectivity index (χ2v) is 11.9. The van der Waals surface area contributed by atoms with Crippen LogP contribution in [0.3, 0.4) is 0 Å². The normalized spacial score (nSPS) is 11.0. The third kappa shape index (κ3) is 10.1. The lowest BCUT2D eigenvalue weighted by Gasteiger charge is -2.11. The molecule has 0 unspecified atom stereocenters. The van der Waals surface area contributed by atoms with Crippen LogP contribution in [-0.4, -0.2) is 37.2 Å². The molecule has 0 aliphatic heterocycles. The fourth-order valence-electron chi connectivity index (χ4n) is 4.66. The van der Waals surface area contributed by atoms with E-state index in [0.29, 0.717) is 40.8 Å². The number of carbonyl (C=O) groups is 3. The van der Waals surface area contributed by atoms with Crippen LogP contribution in [0.4, 0.5) is 11.4 Å². The zero-order chi connectivity index (χ0) is 34.4. The minimum absolute atomic E-state index is 0.00884. The molecule has 0 radical (unpaired) electrons. The molecule has 0 saturated heterocycles. The first-order chi connectivity index (χ1) is 23.9. The predicted molar refractivity (Wildman–Crippen MR) is 194 cm³/mol. The molecule has 0 fully saturated rings. The Morgan fingerprint density at radius 1 is 0.796 bits per heavy atom. The molecular weight excluding hydrogens is 639 g/mol. The van der Waals surface area contributed by atoms with Crippen LogP contribution in [0.1, 0.15) is 35.9 Å². The van der Waals surface area contributed by atoms with Gasteiger partial charge in [-0.25, -0.2) is 0 Å². The van der Waals surface area contributed by atoms with E-state index in [1.165, 1.54) is 17.8 Å². The van der Waals surface area contributed by atoms with Gasteiger partial charge < -0.3 is 29.8 Å². The summed E-state index contributed by atoms with van der Waals surface area (Å²) in [7, 11) is 1.58. The number of thioether (sulfide) groups is 1. The first kappa shape index (κ1) is 34.6. The number of carbonyl (C=O) groups excluding carboxylic acids is 3. The van der Waals surface area contributed by atoms with E-state index in [9.17, 15) is 14.4 Å². The highest BCUT2D eigenvalue weighted by molar-refractivity contribution is 8.00. The van der Waals surface area contributed by atoms with Crippen molar-refractivity contribution in [1.82, 2.24) is 5.32 Å². The van der Waals surface area contributed by atoms with Gasteiger partial charge in [0.1, 0.15) is 28.7 Å². The van der Waals surface area contributed by atoms with Crippen LogP contribution < -0.4 is 25.4 Å². The number of furan rings is 1. The van der Waals surface area contributed by atoms with E-state index in [4.69, 9.17) is 13.9 Å². The van der Waals surface area contributed by atoms with E-state index in [1.54, 1.807) is 61.7 Å². The average molecular weight is 676 g/mol. The summed E-state index contributed by atoms with van der Waals surface area (Å²) < 4.78 is 17.1. The maximum absolute atomic E-state index is 13.5. The lowest BCUT2D eigenvalue weighted by molar-refractivity contribution is -0.114. The molecule has 0 atom stereocenters. The van der Waals surface area contributed by atoms with Gasteiger partial charge in [-0.1, -0.05) is 43.7 Å². The number of anilines is 2. The summed E-state index contributed by atoms with van der Waals surface area (Å²) in [6.07, 6.45) is 3.54. The standard InChI is InChI=1S/C39H37N3O6S/c1-3-4-24-47-30-18-14-28(15-19-30)40-37(43)26-49-32-21-16-29(17-22-32)41-39(45)34(42-38(44)27-10-6-5-7-11-27)25-31-20-23-36(48-31)33-12-8-9-13-35(33)46-2/h5-23,25H,3-4,24,26H2,1-2H3,(H,40,43)(H,41,45)(H,42,44)/b34-25+. The fraction of sp³-hybridized carbons (Fsp3) is 0.154. The molecule has 4 aromatic carbocycles. The highest BCUT2D eigenvalue weighted by Gasteiger charge is 2.17. The molecule has 0 spiro atoms. The largest absolute Gasteiger partial charge is 0.496 e. The second kappa shape index (κ2) is 17.4. The number of ether oxygens (including phenoxy) is 2. The molecule has 250 valence electrons.